The first kappa shape index (κ1) is 19.0. The molecule has 0 aliphatic carbocycles. The van der Waals surface area contributed by atoms with Crippen LogP contribution in [-0.2, 0) is 25.5 Å². The summed E-state index contributed by atoms with van der Waals surface area (Å²) < 4.78 is 21.9. The summed E-state index contributed by atoms with van der Waals surface area (Å²) in [5.74, 6) is 0.191. The van der Waals surface area contributed by atoms with Gasteiger partial charge >= 0.3 is 5.97 Å². The molecule has 0 saturated carbocycles. The molecule has 0 aliphatic rings. The molecule has 0 amide bonds. The molecular weight excluding hydrogens is 326 g/mol. The van der Waals surface area contributed by atoms with E-state index in [1.54, 1.807) is 37.6 Å². The van der Waals surface area contributed by atoms with Crippen molar-refractivity contribution < 1.29 is 23.7 Å². The Morgan fingerprint density at radius 2 is 1.84 bits per heavy atom. The summed E-state index contributed by atoms with van der Waals surface area (Å²) >= 11 is 0. The predicted molar refractivity (Wildman–Crippen MR) is 93.0 cm³/mol. The molecule has 0 radical (unpaired) electrons. The highest BCUT2D eigenvalue weighted by Gasteiger charge is 2.09. The van der Waals surface area contributed by atoms with Crippen molar-refractivity contribution in [3.05, 3.63) is 40.8 Å². The number of nitrogens with zero attached hydrogens (tertiary/aromatic N) is 1. The van der Waals surface area contributed by atoms with E-state index < -0.39 is 5.97 Å². The van der Waals surface area contributed by atoms with Gasteiger partial charge < -0.3 is 23.5 Å². The van der Waals surface area contributed by atoms with E-state index >= 15 is 0 Å². The molecule has 7 heteroatoms. The van der Waals surface area contributed by atoms with Crippen LogP contribution in [0.2, 0.25) is 0 Å². The second-order valence-corrected chi connectivity index (χ2v) is 5.23. The van der Waals surface area contributed by atoms with Gasteiger partial charge in [0.15, 0.2) is 0 Å². The number of hydrogen-bond donors (Lipinski definition) is 0. The first-order valence-electron chi connectivity index (χ1n) is 8.14. The smallest absolute Gasteiger partial charge is 0.326 e. The Kier molecular flexibility index (Phi) is 7.43. The molecule has 0 N–H and O–H groups in total. The molecule has 2 rings (SSSR count). The molecule has 1 aromatic heterocycles. The highest BCUT2D eigenvalue weighted by atomic mass is 16.6. The summed E-state index contributed by atoms with van der Waals surface area (Å²) in [5, 5.41) is 1.28. The average Bonchev–Trinajstić information content (AvgIpc) is 2.63. The number of esters is 1. The summed E-state index contributed by atoms with van der Waals surface area (Å²) in [6.45, 7) is 3.83. The average molecular weight is 349 g/mol. The number of benzene rings is 1. The molecular formula is C18H23NO6. The summed E-state index contributed by atoms with van der Waals surface area (Å²) in [6.07, 6.45) is 1.57. The van der Waals surface area contributed by atoms with E-state index in [0.717, 1.165) is 5.39 Å². The standard InChI is InChI=1S/C18H23NO6/c1-3-23-8-9-24-10-11-25-17(20)13-19-7-6-14-12-15(22-2)4-5-16(14)18(19)21/h4-7,12H,3,8-11,13H2,1-2H3. The first-order chi connectivity index (χ1) is 12.2. The summed E-state index contributed by atoms with van der Waals surface area (Å²) in [6, 6.07) is 6.94. The maximum Gasteiger partial charge on any atom is 0.326 e. The zero-order chi connectivity index (χ0) is 18.1. The predicted octanol–water partition coefficient (Wildman–Crippen LogP) is 1.61. The second kappa shape index (κ2) is 9.80. The van der Waals surface area contributed by atoms with Gasteiger partial charge in [-0.3, -0.25) is 9.59 Å². The van der Waals surface area contributed by atoms with Crippen molar-refractivity contribution in [1.82, 2.24) is 4.57 Å². The van der Waals surface area contributed by atoms with Gasteiger partial charge in [0.2, 0.25) is 0 Å². The minimum Gasteiger partial charge on any atom is -0.497 e. The minimum absolute atomic E-state index is 0.139. The Morgan fingerprint density at radius 1 is 1.08 bits per heavy atom. The lowest BCUT2D eigenvalue weighted by Gasteiger charge is -2.09. The van der Waals surface area contributed by atoms with Crippen LogP contribution in [0.4, 0.5) is 0 Å². The van der Waals surface area contributed by atoms with Crippen molar-refractivity contribution in [3.8, 4) is 5.75 Å². The SMILES string of the molecule is CCOCCOCCOC(=O)Cn1ccc2cc(OC)ccc2c1=O. The highest BCUT2D eigenvalue weighted by Crippen LogP contribution is 2.17. The lowest BCUT2D eigenvalue weighted by molar-refractivity contribution is -0.146. The van der Waals surface area contributed by atoms with Gasteiger partial charge in [0.05, 0.1) is 26.9 Å². The van der Waals surface area contributed by atoms with E-state index in [0.29, 0.717) is 37.6 Å². The van der Waals surface area contributed by atoms with E-state index in [-0.39, 0.29) is 18.7 Å². The number of rotatable bonds is 10. The molecule has 0 aliphatic heterocycles. The number of methoxy groups -OCH3 is 1. The van der Waals surface area contributed by atoms with Crippen LogP contribution in [0.25, 0.3) is 10.8 Å². The third kappa shape index (κ3) is 5.58. The largest absolute Gasteiger partial charge is 0.497 e. The molecule has 0 fully saturated rings. The van der Waals surface area contributed by atoms with Gasteiger partial charge in [0, 0.05) is 18.2 Å². The van der Waals surface area contributed by atoms with Crippen molar-refractivity contribution >= 4 is 16.7 Å². The van der Waals surface area contributed by atoms with E-state index in [9.17, 15) is 9.59 Å². The van der Waals surface area contributed by atoms with Crippen LogP contribution in [-0.4, -0.2) is 50.7 Å². The van der Waals surface area contributed by atoms with Crippen molar-refractivity contribution in [1.29, 1.82) is 0 Å². The quantitative estimate of drug-likeness (QED) is 0.479. The third-order valence-corrected chi connectivity index (χ3v) is 3.55. The molecule has 0 atom stereocenters. The van der Waals surface area contributed by atoms with Crippen molar-refractivity contribution in [2.45, 2.75) is 13.5 Å². The van der Waals surface area contributed by atoms with Crippen molar-refractivity contribution in [2.24, 2.45) is 0 Å². The number of pyridine rings is 1. The zero-order valence-corrected chi connectivity index (χ0v) is 14.5. The number of carbonyl (C=O) groups is 1. The molecule has 0 unspecified atom stereocenters. The third-order valence-electron chi connectivity index (χ3n) is 3.55. The zero-order valence-electron chi connectivity index (χ0n) is 14.5. The van der Waals surface area contributed by atoms with E-state index in [1.807, 2.05) is 6.92 Å². The molecule has 2 aromatic rings. The fourth-order valence-electron chi connectivity index (χ4n) is 2.28. The summed E-state index contributed by atoms with van der Waals surface area (Å²) in [4.78, 5) is 24.3. The van der Waals surface area contributed by atoms with Gasteiger partial charge in [-0.25, -0.2) is 0 Å². The molecule has 0 bridgehead atoms. The number of ether oxygens (including phenoxy) is 4. The maximum absolute atomic E-state index is 12.4. The number of carbonyl (C=O) groups excluding carboxylic acids is 1. The Balaban J connectivity index is 1.86. The lowest BCUT2D eigenvalue weighted by Crippen LogP contribution is -2.25. The molecule has 136 valence electrons. The van der Waals surface area contributed by atoms with Crippen LogP contribution in [0.1, 0.15) is 6.92 Å². The molecule has 0 spiro atoms. The maximum atomic E-state index is 12.4. The van der Waals surface area contributed by atoms with E-state index in [4.69, 9.17) is 18.9 Å². The fourth-order valence-corrected chi connectivity index (χ4v) is 2.28. The fraction of sp³-hybridized carbons (Fsp3) is 0.444. The van der Waals surface area contributed by atoms with Crippen LogP contribution in [0.5, 0.6) is 5.75 Å². The molecule has 25 heavy (non-hydrogen) atoms. The van der Waals surface area contributed by atoms with Gasteiger partial charge in [0.25, 0.3) is 5.56 Å². The highest BCUT2D eigenvalue weighted by molar-refractivity contribution is 5.83. The minimum atomic E-state index is -0.483. The first-order valence-corrected chi connectivity index (χ1v) is 8.14. The van der Waals surface area contributed by atoms with Crippen LogP contribution >= 0.6 is 0 Å². The number of hydrogen-bond acceptors (Lipinski definition) is 6. The molecule has 1 heterocycles. The second-order valence-electron chi connectivity index (χ2n) is 5.23. The van der Waals surface area contributed by atoms with Crippen LogP contribution in [0.3, 0.4) is 0 Å². The van der Waals surface area contributed by atoms with Crippen LogP contribution < -0.4 is 10.3 Å². The summed E-state index contributed by atoms with van der Waals surface area (Å²) in [7, 11) is 1.57. The van der Waals surface area contributed by atoms with Gasteiger partial charge in [-0.15, -0.1) is 0 Å². The van der Waals surface area contributed by atoms with E-state index in [2.05, 4.69) is 0 Å². The molecule has 0 saturated heterocycles. The monoisotopic (exact) mass is 349 g/mol. The molecule has 7 nitrogen and oxygen atoms in total. The van der Waals surface area contributed by atoms with Gasteiger partial charge in [-0.1, -0.05) is 0 Å². The normalized spacial score (nSPS) is 10.8. The van der Waals surface area contributed by atoms with Crippen LogP contribution in [0.15, 0.2) is 35.3 Å². The van der Waals surface area contributed by atoms with Gasteiger partial charge in [0.1, 0.15) is 18.9 Å². The Hall–Kier alpha value is -2.38. The van der Waals surface area contributed by atoms with Crippen LogP contribution in [0, 0.1) is 0 Å². The number of aromatic nitrogens is 1. The van der Waals surface area contributed by atoms with Crippen molar-refractivity contribution in [2.75, 3.05) is 40.1 Å². The Morgan fingerprint density at radius 3 is 2.60 bits per heavy atom. The topological polar surface area (TPSA) is 76.0 Å². The Labute approximate surface area is 146 Å². The Bertz CT molecular complexity index is 755. The number of fused-ring (bicyclic) bond motifs is 1. The van der Waals surface area contributed by atoms with Gasteiger partial charge in [-0.05, 0) is 36.6 Å². The summed E-state index contributed by atoms with van der Waals surface area (Å²) in [5.41, 5.74) is -0.245. The van der Waals surface area contributed by atoms with E-state index in [1.165, 1.54) is 4.57 Å². The lowest BCUT2D eigenvalue weighted by atomic mass is 10.1. The molecule has 1 aromatic carbocycles. The van der Waals surface area contributed by atoms with Crippen molar-refractivity contribution in [3.63, 3.8) is 0 Å². The van der Waals surface area contributed by atoms with Gasteiger partial charge in [-0.2, -0.15) is 0 Å².